The summed E-state index contributed by atoms with van der Waals surface area (Å²) in [6.45, 7) is 7.24. The Balaban J connectivity index is 2.77. The van der Waals surface area contributed by atoms with Gasteiger partial charge in [-0.15, -0.1) is 0 Å². The number of benzene rings is 1. The van der Waals surface area contributed by atoms with Gasteiger partial charge in [0.05, 0.1) is 0 Å². The second kappa shape index (κ2) is 5.45. The van der Waals surface area contributed by atoms with Crippen molar-refractivity contribution < 1.29 is 4.74 Å². The summed E-state index contributed by atoms with van der Waals surface area (Å²) in [5, 5.41) is 0. The van der Waals surface area contributed by atoms with Crippen molar-refractivity contribution in [1.29, 1.82) is 0 Å². The van der Waals surface area contributed by atoms with E-state index in [0.717, 1.165) is 10.2 Å². The molecular weight excluding hydrogens is 240 g/mol. The second-order valence-electron chi connectivity index (χ2n) is 2.56. The van der Waals surface area contributed by atoms with Gasteiger partial charge in [0.1, 0.15) is 11.5 Å². The van der Waals surface area contributed by atoms with Crippen LogP contribution in [0.3, 0.4) is 0 Å². The van der Waals surface area contributed by atoms with E-state index in [-0.39, 0.29) is 0 Å². The normalized spacial score (nSPS) is 10.8. The van der Waals surface area contributed by atoms with E-state index in [1.165, 1.54) is 0 Å². The zero-order valence-corrected chi connectivity index (χ0v) is 9.33. The highest BCUT2D eigenvalue weighted by Crippen LogP contribution is 2.18. The van der Waals surface area contributed by atoms with Crippen molar-refractivity contribution in [3.8, 4) is 5.75 Å². The lowest BCUT2D eigenvalue weighted by Crippen LogP contribution is -1.90. The Morgan fingerprint density at radius 3 is 2.36 bits per heavy atom. The minimum Gasteiger partial charge on any atom is -0.457 e. The van der Waals surface area contributed by atoms with Crippen molar-refractivity contribution in [2.45, 2.75) is 0 Å². The van der Waals surface area contributed by atoms with Gasteiger partial charge in [0.15, 0.2) is 0 Å². The van der Waals surface area contributed by atoms with Crippen LogP contribution in [0.4, 0.5) is 0 Å². The highest BCUT2D eigenvalue weighted by Gasteiger charge is 1.95. The molecule has 0 radical (unpaired) electrons. The van der Waals surface area contributed by atoms with Crippen molar-refractivity contribution in [2.24, 2.45) is 0 Å². The average Bonchev–Trinajstić information content (AvgIpc) is 2.20. The van der Waals surface area contributed by atoms with E-state index in [4.69, 9.17) is 4.74 Å². The van der Waals surface area contributed by atoms with Crippen LogP contribution in [0.2, 0.25) is 0 Å². The van der Waals surface area contributed by atoms with Gasteiger partial charge in [-0.05, 0) is 36.4 Å². The Labute approximate surface area is 92.5 Å². The van der Waals surface area contributed by atoms with E-state index in [9.17, 15) is 0 Å². The summed E-state index contributed by atoms with van der Waals surface area (Å²) in [4.78, 5) is 0. The summed E-state index contributed by atoms with van der Waals surface area (Å²) in [7, 11) is 0. The number of ether oxygens (including phenoxy) is 1. The van der Waals surface area contributed by atoms with Crippen LogP contribution in [0.25, 0.3) is 0 Å². The Morgan fingerprint density at radius 2 is 1.86 bits per heavy atom. The van der Waals surface area contributed by atoms with Gasteiger partial charge in [-0.3, -0.25) is 0 Å². The third-order valence-electron chi connectivity index (χ3n) is 1.53. The molecule has 0 N–H and O–H groups in total. The first-order valence-electron chi connectivity index (χ1n) is 4.15. The molecule has 0 atom stereocenters. The first-order chi connectivity index (χ1) is 6.76. The van der Waals surface area contributed by atoms with E-state index in [1.807, 2.05) is 24.3 Å². The lowest BCUT2D eigenvalue weighted by Gasteiger charge is -2.05. The predicted octanol–water partition coefficient (Wildman–Crippen LogP) is 4.08. The van der Waals surface area contributed by atoms with Gasteiger partial charge in [0, 0.05) is 4.47 Å². The number of hydrogen-bond acceptors (Lipinski definition) is 1. The van der Waals surface area contributed by atoms with Gasteiger partial charge in [0.25, 0.3) is 0 Å². The van der Waals surface area contributed by atoms with E-state index in [2.05, 4.69) is 29.1 Å². The van der Waals surface area contributed by atoms with E-state index in [0.29, 0.717) is 5.76 Å². The summed E-state index contributed by atoms with van der Waals surface area (Å²) in [6, 6.07) is 7.60. The van der Waals surface area contributed by atoms with Crippen LogP contribution < -0.4 is 4.74 Å². The first kappa shape index (κ1) is 10.8. The van der Waals surface area contributed by atoms with Crippen LogP contribution in [-0.2, 0) is 0 Å². The number of rotatable bonds is 4. The van der Waals surface area contributed by atoms with Gasteiger partial charge in [-0.25, -0.2) is 0 Å². The molecular formula is C12H11BrO. The standard InChI is InChI=1S/C12H11BrO/c1-3-5-11(4-2)14-12-8-6-10(13)7-9-12/h3-9H,1-2H2/b11-5+. The molecule has 1 nitrogen and oxygen atoms in total. The highest BCUT2D eigenvalue weighted by atomic mass is 79.9. The summed E-state index contributed by atoms with van der Waals surface area (Å²) < 4.78 is 6.54. The molecule has 2 heteroatoms. The molecule has 0 saturated carbocycles. The molecule has 0 spiro atoms. The molecule has 0 aromatic heterocycles. The summed E-state index contributed by atoms with van der Waals surface area (Å²) in [5.74, 6) is 1.46. The Bertz CT molecular complexity index is 349. The fourth-order valence-corrected chi connectivity index (χ4v) is 1.16. The zero-order valence-electron chi connectivity index (χ0n) is 7.74. The fourth-order valence-electron chi connectivity index (χ4n) is 0.899. The third-order valence-corrected chi connectivity index (χ3v) is 2.06. The minimum atomic E-state index is 0.683. The van der Waals surface area contributed by atoms with Crippen molar-refractivity contribution >= 4 is 15.9 Å². The molecule has 0 saturated heterocycles. The molecule has 0 aliphatic heterocycles. The van der Waals surface area contributed by atoms with Gasteiger partial charge >= 0.3 is 0 Å². The smallest absolute Gasteiger partial charge is 0.127 e. The molecule has 0 heterocycles. The lowest BCUT2D eigenvalue weighted by atomic mass is 10.3. The largest absolute Gasteiger partial charge is 0.457 e. The maximum Gasteiger partial charge on any atom is 0.127 e. The van der Waals surface area contributed by atoms with Gasteiger partial charge in [-0.2, -0.15) is 0 Å². The molecule has 0 fully saturated rings. The molecule has 0 aliphatic carbocycles. The van der Waals surface area contributed by atoms with Crippen LogP contribution in [0.1, 0.15) is 0 Å². The van der Waals surface area contributed by atoms with Crippen molar-refractivity contribution in [3.63, 3.8) is 0 Å². The Hall–Kier alpha value is -1.28. The van der Waals surface area contributed by atoms with Gasteiger partial charge in [-0.1, -0.05) is 35.2 Å². The molecule has 1 aromatic carbocycles. The molecule has 14 heavy (non-hydrogen) atoms. The number of allylic oxidation sites excluding steroid dienone is 3. The summed E-state index contributed by atoms with van der Waals surface area (Å²) >= 11 is 3.35. The third kappa shape index (κ3) is 3.23. The van der Waals surface area contributed by atoms with Crippen LogP contribution in [0, 0.1) is 0 Å². The second-order valence-corrected chi connectivity index (χ2v) is 3.48. The van der Waals surface area contributed by atoms with E-state index < -0.39 is 0 Å². The van der Waals surface area contributed by atoms with Gasteiger partial charge in [0.2, 0.25) is 0 Å². The maximum absolute atomic E-state index is 5.51. The fraction of sp³-hybridized carbons (Fsp3) is 0. The van der Waals surface area contributed by atoms with E-state index in [1.54, 1.807) is 18.2 Å². The first-order valence-corrected chi connectivity index (χ1v) is 4.94. The molecule has 0 bridgehead atoms. The summed E-state index contributed by atoms with van der Waals surface area (Å²) in [6.07, 6.45) is 5.06. The van der Waals surface area contributed by atoms with Crippen LogP contribution >= 0.6 is 15.9 Å². The molecule has 0 aliphatic rings. The number of halogens is 1. The minimum absolute atomic E-state index is 0.683. The van der Waals surface area contributed by atoms with Crippen molar-refractivity contribution in [1.82, 2.24) is 0 Å². The number of hydrogen-bond donors (Lipinski definition) is 0. The predicted molar refractivity (Wildman–Crippen MR) is 63.2 cm³/mol. The van der Waals surface area contributed by atoms with Crippen LogP contribution in [0.15, 0.2) is 65.9 Å². The van der Waals surface area contributed by atoms with Gasteiger partial charge < -0.3 is 4.74 Å². The van der Waals surface area contributed by atoms with E-state index >= 15 is 0 Å². The van der Waals surface area contributed by atoms with Crippen LogP contribution in [-0.4, -0.2) is 0 Å². The molecule has 1 rings (SSSR count). The lowest BCUT2D eigenvalue weighted by molar-refractivity contribution is 0.445. The SMILES string of the molecule is C=C/C=C(\C=C)Oc1ccc(Br)cc1. The highest BCUT2D eigenvalue weighted by molar-refractivity contribution is 9.10. The molecule has 72 valence electrons. The average molecular weight is 251 g/mol. The molecule has 0 amide bonds. The molecule has 1 aromatic rings. The topological polar surface area (TPSA) is 9.23 Å². The molecule has 0 unspecified atom stereocenters. The van der Waals surface area contributed by atoms with Crippen molar-refractivity contribution in [3.05, 3.63) is 65.9 Å². The van der Waals surface area contributed by atoms with Crippen LogP contribution in [0.5, 0.6) is 5.75 Å². The monoisotopic (exact) mass is 250 g/mol. The quantitative estimate of drug-likeness (QED) is 0.578. The Kier molecular flexibility index (Phi) is 4.20. The Morgan fingerprint density at radius 1 is 1.21 bits per heavy atom. The zero-order chi connectivity index (χ0) is 10.4. The van der Waals surface area contributed by atoms with Crippen molar-refractivity contribution in [2.75, 3.05) is 0 Å². The maximum atomic E-state index is 5.51. The summed E-state index contributed by atoms with van der Waals surface area (Å²) in [5.41, 5.74) is 0.